The van der Waals surface area contributed by atoms with Crippen LogP contribution in [0.2, 0.25) is 0 Å². The molecule has 11 atom stereocenters. The summed E-state index contributed by atoms with van der Waals surface area (Å²) in [4.78, 5) is 272. The number of amides is 15. The van der Waals surface area contributed by atoms with Gasteiger partial charge in [0.1, 0.15) is 61.0 Å². The summed E-state index contributed by atoms with van der Waals surface area (Å²) in [6, 6.07) is -8.46. The Morgan fingerprint density at radius 2 is 1.14 bits per heavy atom. The first-order chi connectivity index (χ1) is 69.9. The number of carbonyl (C=O) groups is 19. The van der Waals surface area contributed by atoms with Crippen molar-refractivity contribution in [2.24, 2.45) is 17.2 Å². The number of unbranched alkanes of at least 4 members (excludes halogenated alkanes) is 13. The van der Waals surface area contributed by atoms with Crippen molar-refractivity contribution >= 4 is 135 Å². The number of carboxylic acids is 4. The number of likely N-dealkylation sites (tertiary alicyclic amines) is 2. The number of aromatic nitrogens is 3. The molecule has 3 fully saturated rings. The molecule has 29 N–H and O–H groups in total. The van der Waals surface area contributed by atoms with Crippen LogP contribution >= 0.6 is 0 Å². The van der Waals surface area contributed by atoms with E-state index in [9.17, 15) is 92.0 Å². The number of primary amides is 1. The number of nitrogens with two attached hydrogens (primary N) is 3. The van der Waals surface area contributed by atoms with Gasteiger partial charge in [-0.15, -0.1) is 0 Å². The minimum absolute atomic E-state index is 0.00227. The molecule has 6 rings (SSSR count). The number of carbonyl (C=O) groups excluding carboxylic acids is 15. The van der Waals surface area contributed by atoms with Crippen LogP contribution in [0.4, 0.5) is 0 Å². The van der Waals surface area contributed by atoms with Crippen LogP contribution in [-0.4, -0.2) is 346 Å². The number of ether oxygens (including phenoxy) is 2. The zero-order valence-electron chi connectivity index (χ0n) is 83.3. The summed E-state index contributed by atoms with van der Waals surface area (Å²) in [5, 5.41) is 94.5. The van der Waals surface area contributed by atoms with E-state index in [1.165, 1.54) is 40.1 Å². The number of aliphatic carboxylic acids is 4. The third kappa shape index (κ3) is 48.3. The van der Waals surface area contributed by atoms with Crippen LogP contribution in [0.1, 0.15) is 230 Å². The van der Waals surface area contributed by atoms with E-state index >= 15 is 14.4 Å². The fourth-order valence-corrected chi connectivity index (χ4v) is 17.4. The molecule has 3 aliphatic heterocycles. The Morgan fingerprint density at radius 3 is 1.79 bits per heavy atom. The van der Waals surface area contributed by atoms with E-state index < -0.39 is 211 Å². The molecule has 2 aromatic heterocycles. The summed E-state index contributed by atoms with van der Waals surface area (Å²) in [6.07, 6.45) is 16.4. The number of nitrogens with zero attached hydrogens (tertiary/aromatic N) is 4. The number of carboxylic acid groups (broad SMARTS) is 4. The maximum absolute atomic E-state index is 15.6. The summed E-state index contributed by atoms with van der Waals surface area (Å²) in [5.41, 5.74) is 18.6. The highest BCUT2D eigenvalue weighted by Crippen LogP contribution is 2.28. The van der Waals surface area contributed by atoms with E-state index in [1.807, 2.05) is 0 Å². The molecular weight excluding hydrogens is 1910 g/mol. The lowest BCUT2D eigenvalue weighted by Gasteiger charge is -2.34. The average Bonchev–Trinajstić information content (AvgIpc) is 1.64. The van der Waals surface area contributed by atoms with Crippen molar-refractivity contribution in [1.82, 2.24) is 109 Å². The first-order valence-electron chi connectivity index (χ1n) is 50.5. The van der Waals surface area contributed by atoms with E-state index in [0.29, 0.717) is 48.0 Å². The number of aromatic amines is 2. The van der Waals surface area contributed by atoms with E-state index in [4.69, 9.17) is 42.6 Å². The molecule has 0 aliphatic carbocycles. The third-order valence-corrected chi connectivity index (χ3v) is 24.9. The molecule has 5 heterocycles. The Kier molecular flexibility index (Phi) is 56.2. The Balaban J connectivity index is 1.13. The summed E-state index contributed by atoms with van der Waals surface area (Å²) < 4.78 is 11.0. The summed E-state index contributed by atoms with van der Waals surface area (Å²) in [5.74, 6) is -17.4. The van der Waals surface area contributed by atoms with E-state index in [1.54, 1.807) is 30.5 Å². The van der Waals surface area contributed by atoms with Gasteiger partial charge in [0.15, 0.2) is 11.9 Å². The van der Waals surface area contributed by atoms with Gasteiger partial charge in [-0.1, -0.05) is 88.8 Å². The molecule has 3 aromatic rings. The number of hydrogen-bond acceptors (Lipinski definition) is 26. The van der Waals surface area contributed by atoms with Crippen molar-refractivity contribution in [2.45, 2.75) is 298 Å². The molecular formula is C95H152N26O25. The van der Waals surface area contributed by atoms with Crippen molar-refractivity contribution in [3.63, 3.8) is 0 Å². The standard InChI is InChI=1S/C95H152N26O25/c1-60(122)111-69-36-37-77(124)102-39-22-31-70(115-90(141)71(49-61-52-107-65-27-15-14-26-64(61)65)116-86(137)67(29-20-40-105-94(97)98)113-78(125)55-109-85(136)72(117-88(69)139)50-63-53-101-59-110-63)92(143)121-45-24-33-75(121)93(144)120-44-23-32-74(120)91(142)114-68(30-21-41-106-95(99)100)87(138)118-73(51-81(129)130)89(140)112-62(25-17-19-43-119(56-82(131)132)57-83(133)134)54-108-66(84(96)135)28-16-18-38-103-79(126)58-146-48-47-145-46-42-104-76(123)34-12-10-8-6-4-2-3-5-7-9-11-13-35-80(127)128/h14-15,26-27,52-53,59,62,66-75,107-108H,2-13,16-25,28-51,54-58H2,1H3,(H2,96,135)(H,101,110)(H,102,124)(H,103,126)(H,104,123)(H,109,136)(H,111,122)(H,112,140)(H,113,125)(H,114,142)(H,115,141)(H,116,137)(H,117,139)(H,118,138)(H,127,128)(H,129,130)(H,131,132)(H,133,134)(H4,97,98,105)(H4,99,100,106)/t62-,66-,67-,68-,69-,70-,71-,72-,73-,74-,75-/m0/s1. The van der Waals surface area contributed by atoms with Gasteiger partial charge in [-0.3, -0.25) is 107 Å². The predicted molar refractivity (Wildman–Crippen MR) is 530 cm³/mol. The zero-order chi connectivity index (χ0) is 107. The topological polar surface area (TPSA) is 784 Å². The normalized spacial score (nSPS) is 18.6. The molecule has 812 valence electrons. The summed E-state index contributed by atoms with van der Waals surface area (Å²) >= 11 is 0. The molecule has 15 amide bonds. The van der Waals surface area contributed by atoms with Crippen LogP contribution in [-0.2, 0) is 113 Å². The lowest BCUT2D eigenvalue weighted by molar-refractivity contribution is -0.148. The largest absolute Gasteiger partial charge is 0.481 e. The highest BCUT2D eigenvalue weighted by molar-refractivity contribution is 6.00. The number of nitrogens with one attached hydrogen (secondary N) is 19. The lowest BCUT2D eigenvalue weighted by Crippen LogP contribution is -2.60. The minimum Gasteiger partial charge on any atom is -0.481 e. The summed E-state index contributed by atoms with van der Waals surface area (Å²) in [7, 11) is 0. The van der Waals surface area contributed by atoms with E-state index in [-0.39, 0.29) is 207 Å². The molecule has 146 heavy (non-hydrogen) atoms. The Hall–Kier alpha value is -13.7. The maximum atomic E-state index is 15.6. The molecule has 0 radical (unpaired) electrons. The molecule has 0 bridgehead atoms. The average molecular weight is 2060 g/mol. The fraction of sp³-hybridized carbons (Fsp3) is 0.663. The molecule has 0 spiro atoms. The highest BCUT2D eigenvalue weighted by atomic mass is 16.5. The van der Waals surface area contributed by atoms with Gasteiger partial charge in [0.05, 0.1) is 58.2 Å². The van der Waals surface area contributed by atoms with Gasteiger partial charge in [0.2, 0.25) is 88.6 Å². The van der Waals surface area contributed by atoms with Crippen LogP contribution in [0.25, 0.3) is 10.9 Å². The number of guanidine groups is 2. The van der Waals surface area contributed by atoms with Crippen LogP contribution in [0, 0.1) is 10.8 Å². The SMILES string of the molecule is CC(=O)N[C@H]1CCC(=O)NCCC[C@@H](C(=O)N2CCC[C@H]2C(=O)N2CCC[C@H]2C(=O)N[C@@H](CCCNC(=N)N)C(=O)N[C@@H](CC(=O)O)C(=O)N[C@@H](CCCCN(CC(=O)O)CC(=O)O)CN[C@@H](CCCCNC(=O)COCCOCCNC(=O)CCCCCCCCCCCCCCC(=O)O)C(N)=O)NC(=O)[C@H](Cc2c[nH]c3ccccc23)NC(=O)[C@H](CCCNC(=N)N)NC(=O)CNC(=O)[C@H](Cc2cnc[nH]2)NC1=O. The molecule has 0 unspecified atom stereocenters. The first-order valence-corrected chi connectivity index (χ1v) is 50.5. The van der Waals surface area contributed by atoms with Gasteiger partial charge < -0.3 is 147 Å². The number of fused-ring (bicyclic) bond motifs is 1. The first kappa shape index (κ1) is 121. The number of hydrogen-bond donors (Lipinski definition) is 26. The number of para-hydroxylation sites is 1. The molecule has 0 saturated carbocycles. The van der Waals surface area contributed by atoms with Gasteiger partial charge >= 0.3 is 23.9 Å². The van der Waals surface area contributed by atoms with Crippen LogP contribution < -0.4 is 97.0 Å². The number of benzene rings is 1. The Labute approximate surface area is 847 Å². The van der Waals surface area contributed by atoms with E-state index in [0.717, 1.165) is 71.1 Å². The number of H-pyrrole nitrogens is 2. The van der Waals surface area contributed by atoms with Gasteiger partial charge in [-0.05, 0) is 134 Å². The lowest BCUT2D eigenvalue weighted by atomic mass is 10.0. The second-order valence-corrected chi connectivity index (χ2v) is 36.8. The Bertz CT molecular complexity index is 4740. The van der Waals surface area contributed by atoms with Crippen LogP contribution in [0.3, 0.4) is 0 Å². The Morgan fingerprint density at radius 1 is 0.534 bits per heavy atom. The molecule has 3 aliphatic rings. The van der Waals surface area contributed by atoms with Crippen molar-refractivity contribution < 1.29 is 121 Å². The van der Waals surface area contributed by atoms with Gasteiger partial charge in [0.25, 0.3) is 0 Å². The quantitative estimate of drug-likeness (QED) is 0.0157. The van der Waals surface area contributed by atoms with Crippen LogP contribution in [0.5, 0.6) is 0 Å². The molecule has 51 heteroatoms. The second kappa shape index (κ2) is 67.8. The van der Waals surface area contributed by atoms with Crippen molar-refractivity contribution in [1.29, 1.82) is 10.8 Å². The van der Waals surface area contributed by atoms with Crippen LogP contribution in [0.15, 0.2) is 43.0 Å². The fourth-order valence-electron chi connectivity index (χ4n) is 17.4. The van der Waals surface area contributed by atoms with Crippen molar-refractivity contribution in [3.8, 4) is 0 Å². The predicted octanol–water partition coefficient (Wildman–Crippen LogP) is -2.57. The second-order valence-electron chi connectivity index (χ2n) is 36.8. The van der Waals surface area contributed by atoms with Gasteiger partial charge in [-0.2, -0.15) is 0 Å². The third-order valence-electron chi connectivity index (χ3n) is 24.9. The van der Waals surface area contributed by atoms with Gasteiger partial charge in [-0.25, -0.2) is 4.98 Å². The van der Waals surface area contributed by atoms with E-state index in [2.05, 4.69) is 94.7 Å². The van der Waals surface area contributed by atoms with Gasteiger partial charge in [0, 0.05) is 126 Å². The molecule has 3 saturated heterocycles. The number of rotatable bonds is 64. The number of imidazole rings is 1. The summed E-state index contributed by atoms with van der Waals surface area (Å²) in [6.45, 7) is -0.694. The van der Waals surface area contributed by atoms with Crippen molar-refractivity contribution in [3.05, 3.63) is 54.2 Å². The van der Waals surface area contributed by atoms with Crippen molar-refractivity contribution in [2.75, 3.05) is 105 Å². The maximum Gasteiger partial charge on any atom is 0.317 e. The molecule has 1 aromatic carbocycles. The zero-order valence-corrected chi connectivity index (χ0v) is 83.3. The monoisotopic (exact) mass is 2060 g/mol. The minimum atomic E-state index is -1.89. The smallest absolute Gasteiger partial charge is 0.317 e. The molecule has 51 nitrogen and oxygen atoms in total. The highest BCUT2D eigenvalue weighted by Gasteiger charge is 2.45.